The molecule has 0 aromatic heterocycles. The van der Waals surface area contributed by atoms with Crippen LogP contribution in [-0.2, 0) is 0 Å². The van der Waals surface area contributed by atoms with Crippen LogP contribution in [0.1, 0.15) is 26.7 Å². The molecule has 0 spiro atoms. The molecule has 0 atom stereocenters. The van der Waals surface area contributed by atoms with Gasteiger partial charge in [0.25, 0.3) is 0 Å². The lowest BCUT2D eigenvalue weighted by atomic mass is 10.3. The maximum absolute atomic E-state index is 3.45. The average Bonchev–Trinajstić information content (AvgIpc) is 1.90. The van der Waals surface area contributed by atoms with Crippen molar-refractivity contribution in [3.63, 3.8) is 0 Å². The Labute approximate surface area is 89.4 Å². The molecule has 0 amide bonds. The number of hydrogen-bond donors (Lipinski definition) is 0. The van der Waals surface area contributed by atoms with Gasteiger partial charge in [-0.2, -0.15) is 0 Å². The Balaban J connectivity index is 0. The van der Waals surface area contributed by atoms with Crippen LogP contribution in [0.25, 0.3) is 0 Å². The molecule has 0 aliphatic rings. The third kappa shape index (κ3) is 8.83. The highest BCUT2D eigenvalue weighted by atomic mass is 79.9. The van der Waals surface area contributed by atoms with Crippen LogP contribution >= 0.6 is 32.9 Å². The fraction of sp³-hybridized carbons (Fsp3) is 1.00. The summed E-state index contributed by atoms with van der Waals surface area (Å²) in [5.41, 5.74) is 0. The Kier molecular flexibility index (Phi) is 14.3. The molecule has 1 nitrogen and oxygen atoms in total. The highest BCUT2D eigenvalue weighted by molar-refractivity contribution is 9.09. The third-order valence-electron chi connectivity index (χ3n) is 1.48. The number of alkyl halides is 1. The fourth-order valence-corrected chi connectivity index (χ4v) is 1.59. The first-order chi connectivity index (χ1) is 4.85. The van der Waals surface area contributed by atoms with Gasteiger partial charge in [-0.1, -0.05) is 29.8 Å². The van der Waals surface area contributed by atoms with E-state index in [9.17, 15) is 0 Å². The van der Waals surface area contributed by atoms with Gasteiger partial charge in [-0.3, -0.25) is 0 Å². The second-order valence-corrected chi connectivity index (χ2v) is 3.32. The number of hydrogen-bond acceptors (Lipinski definition) is 1. The maximum Gasteiger partial charge on any atom is 0.0159 e. The molecule has 0 rings (SSSR count). The fourth-order valence-electron chi connectivity index (χ4n) is 1.09. The van der Waals surface area contributed by atoms with E-state index in [-0.39, 0.29) is 17.0 Å². The summed E-state index contributed by atoms with van der Waals surface area (Å²) in [7, 11) is 0. The minimum Gasteiger partial charge on any atom is -0.303 e. The maximum atomic E-state index is 3.45. The van der Waals surface area contributed by atoms with Gasteiger partial charge in [0.05, 0.1) is 0 Å². The minimum atomic E-state index is 0. The zero-order valence-electron chi connectivity index (χ0n) is 7.48. The summed E-state index contributed by atoms with van der Waals surface area (Å²) in [5.74, 6) is 0. The molecule has 0 aliphatic heterocycles. The summed E-state index contributed by atoms with van der Waals surface area (Å²) in [5, 5.41) is 1.10. The van der Waals surface area contributed by atoms with Crippen LogP contribution in [0.15, 0.2) is 0 Å². The topological polar surface area (TPSA) is 3.24 Å². The quantitative estimate of drug-likeness (QED) is 0.679. The molecular weight excluding hydrogens is 270 g/mol. The predicted molar refractivity (Wildman–Crippen MR) is 61.1 cm³/mol. The van der Waals surface area contributed by atoms with Gasteiger partial charge in [0.15, 0.2) is 0 Å². The van der Waals surface area contributed by atoms with Crippen LogP contribution in [0.4, 0.5) is 0 Å². The van der Waals surface area contributed by atoms with Crippen molar-refractivity contribution in [1.29, 1.82) is 0 Å². The zero-order chi connectivity index (χ0) is 7.82. The molecule has 0 aromatic rings. The molecule has 0 heterocycles. The highest BCUT2D eigenvalue weighted by Gasteiger charge is 1.98. The van der Waals surface area contributed by atoms with Crippen LogP contribution in [0.2, 0.25) is 0 Å². The number of rotatable bonds is 6. The third-order valence-corrected chi connectivity index (χ3v) is 1.84. The zero-order valence-corrected chi connectivity index (χ0v) is 10.8. The van der Waals surface area contributed by atoms with Gasteiger partial charge in [-0.05, 0) is 25.9 Å². The van der Waals surface area contributed by atoms with Crippen LogP contribution in [0.3, 0.4) is 0 Å². The Morgan fingerprint density at radius 3 is 1.73 bits per heavy atom. The summed E-state index contributed by atoms with van der Waals surface area (Å²) >= 11 is 3.45. The van der Waals surface area contributed by atoms with Gasteiger partial charge in [0.1, 0.15) is 0 Å². The number of nitrogens with zero attached hydrogens (tertiary/aromatic N) is 1. The Morgan fingerprint density at radius 1 is 1.00 bits per heavy atom. The summed E-state index contributed by atoms with van der Waals surface area (Å²) in [6.45, 7) is 8.16. The van der Waals surface area contributed by atoms with Crippen LogP contribution in [0.5, 0.6) is 0 Å². The average molecular weight is 289 g/mol. The van der Waals surface area contributed by atoms with Crippen LogP contribution in [-0.4, -0.2) is 29.9 Å². The Morgan fingerprint density at radius 2 is 1.45 bits per heavy atom. The molecule has 0 radical (unpaired) electrons. The van der Waals surface area contributed by atoms with Crippen molar-refractivity contribution in [3.8, 4) is 0 Å². The van der Waals surface area contributed by atoms with E-state index in [0.717, 1.165) is 5.33 Å². The summed E-state index contributed by atoms with van der Waals surface area (Å²) in [4.78, 5) is 2.49. The van der Waals surface area contributed by atoms with E-state index in [0.29, 0.717) is 0 Å². The largest absolute Gasteiger partial charge is 0.303 e. The van der Waals surface area contributed by atoms with E-state index in [1.165, 1.54) is 32.5 Å². The van der Waals surface area contributed by atoms with Crippen molar-refractivity contribution in [2.75, 3.05) is 25.0 Å². The molecule has 11 heavy (non-hydrogen) atoms. The molecular formula is C8H19Br2N. The molecule has 0 saturated heterocycles. The highest BCUT2D eigenvalue weighted by Crippen LogP contribution is 1.94. The van der Waals surface area contributed by atoms with E-state index < -0.39 is 0 Å². The van der Waals surface area contributed by atoms with E-state index in [4.69, 9.17) is 0 Å². The molecule has 0 N–H and O–H groups in total. The van der Waals surface area contributed by atoms with Crippen molar-refractivity contribution < 1.29 is 0 Å². The lowest BCUT2D eigenvalue weighted by Crippen LogP contribution is -2.27. The normalized spacial score (nSPS) is 9.82. The second-order valence-electron chi connectivity index (χ2n) is 2.53. The van der Waals surface area contributed by atoms with Crippen molar-refractivity contribution >= 4 is 32.9 Å². The second kappa shape index (κ2) is 10.9. The van der Waals surface area contributed by atoms with Crippen molar-refractivity contribution in [3.05, 3.63) is 0 Å². The summed E-state index contributed by atoms with van der Waals surface area (Å²) in [6, 6.07) is 0. The molecule has 0 aliphatic carbocycles. The molecule has 3 heteroatoms. The molecule has 0 bridgehead atoms. The van der Waals surface area contributed by atoms with Crippen molar-refractivity contribution in [2.24, 2.45) is 0 Å². The van der Waals surface area contributed by atoms with Gasteiger partial charge >= 0.3 is 0 Å². The predicted octanol–water partition coefficient (Wildman–Crippen LogP) is 3.08. The van der Waals surface area contributed by atoms with Gasteiger partial charge in [0.2, 0.25) is 0 Å². The van der Waals surface area contributed by atoms with Crippen LogP contribution in [0, 0.1) is 0 Å². The first kappa shape index (κ1) is 14.4. The summed E-state index contributed by atoms with van der Waals surface area (Å²) in [6.07, 6.45) is 2.54. The SMILES string of the molecule is Br.CCCN(CCC)CCBr. The molecule has 0 unspecified atom stereocenters. The van der Waals surface area contributed by atoms with E-state index in [1.807, 2.05) is 0 Å². The van der Waals surface area contributed by atoms with Crippen LogP contribution < -0.4 is 0 Å². The van der Waals surface area contributed by atoms with Crippen molar-refractivity contribution in [2.45, 2.75) is 26.7 Å². The van der Waals surface area contributed by atoms with E-state index >= 15 is 0 Å². The van der Waals surface area contributed by atoms with Gasteiger partial charge in [-0.25, -0.2) is 0 Å². The van der Waals surface area contributed by atoms with E-state index in [1.54, 1.807) is 0 Å². The van der Waals surface area contributed by atoms with Gasteiger partial charge in [0, 0.05) is 11.9 Å². The lowest BCUT2D eigenvalue weighted by Gasteiger charge is -2.18. The molecule has 0 fully saturated rings. The minimum absolute atomic E-state index is 0. The van der Waals surface area contributed by atoms with Gasteiger partial charge < -0.3 is 4.90 Å². The molecule has 0 aromatic carbocycles. The first-order valence-electron chi connectivity index (χ1n) is 4.13. The molecule has 0 saturated carbocycles. The summed E-state index contributed by atoms with van der Waals surface area (Å²) < 4.78 is 0. The van der Waals surface area contributed by atoms with Crippen molar-refractivity contribution in [1.82, 2.24) is 4.90 Å². The lowest BCUT2D eigenvalue weighted by molar-refractivity contribution is 0.292. The van der Waals surface area contributed by atoms with E-state index in [2.05, 4.69) is 34.7 Å². The number of halogens is 2. The Bertz CT molecular complexity index is 54.8. The molecule has 70 valence electrons. The monoisotopic (exact) mass is 287 g/mol. The van der Waals surface area contributed by atoms with Gasteiger partial charge in [-0.15, -0.1) is 17.0 Å². The standard InChI is InChI=1S/C8H18BrN.BrH/c1-3-6-10(7-4-2)8-5-9;/h3-8H2,1-2H3;1H. The smallest absolute Gasteiger partial charge is 0.0159 e. The first-order valence-corrected chi connectivity index (χ1v) is 5.25. The Hall–Kier alpha value is 0.920.